The highest BCUT2D eigenvalue weighted by atomic mass is 32.2. The first-order chi connectivity index (χ1) is 16.5. The predicted molar refractivity (Wildman–Crippen MR) is 117 cm³/mol. The second-order valence-electron chi connectivity index (χ2n) is 7.69. The number of rotatable bonds is 6. The van der Waals surface area contributed by atoms with Crippen LogP contribution in [0.4, 0.5) is 32.0 Å². The van der Waals surface area contributed by atoms with Crippen molar-refractivity contribution in [3.63, 3.8) is 0 Å². The highest BCUT2D eigenvalue weighted by Gasteiger charge is 2.60. The summed E-state index contributed by atoms with van der Waals surface area (Å²) in [6, 6.07) is 7.28. The summed E-state index contributed by atoms with van der Waals surface area (Å²) in [7, 11) is -3.18. The summed E-state index contributed by atoms with van der Waals surface area (Å²) >= 11 is 0. The lowest BCUT2D eigenvalue weighted by Crippen LogP contribution is -2.35. The Bertz CT molecular complexity index is 1440. The fourth-order valence-corrected chi connectivity index (χ4v) is 3.82. The Morgan fingerprint density at radius 1 is 1.11 bits per heavy atom. The second kappa shape index (κ2) is 9.41. The third-order valence-electron chi connectivity index (χ3n) is 4.98. The number of alkyl halides is 5. The van der Waals surface area contributed by atoms with Crippen LogP contribution in [0.5, 0.6) is 11.6 Å². The highest BCUT2D eigenvalue weighted by Crippen LogP contribution is 2.46. The van der Waals surface area contributed by atoms with Crippen LogP contribution < -0.4 is 10.1 Å². The average Bonchev–Trinajstić information content (AvgIpc) is 2.74. The maximum absolute atomic E-state index is 14.2. The summed E-state index contributed by atoms with van der Waals surface area (Å²) < 4.78 is 106. The summed E-state index contributed by atoms with van der Waals surface area (Å²) in [5.41, 5.74) is -3.13. The van der Waals surface area contributed by atoms with E-state index in [0.29, 0.717) is 0 Å². The average molecular weight is 532 g/mol. The van der Waals surface area contributed by atoms with Crippen molar-refractivity contribution in [2.45, 2.75) is 30.8 Å². The highest BCUT2D eigenvalue weighted by molar-refractivity contribution is 7.91. The van der Waals surface area contributed by atoms with Crippen molar-refractivity contribution in [2.24, 2.45) is 0 Å². The first kappa shape index (κ1) is 26.9. The number of carbonyl (C=O) groups is 1. The van der Waals surface area contributed by atoms with Gasteiger partial charge < -0.3 is 10.1 Å². The number of amides is 1. The zero-order valence-corrected chi connectivity index (χ0v) is 19.7. The molecule has 1 amide bonds. The normalized spacial score (nSPS) is 13.7. The van der Waals surface area contributed by atoms with Crippen molar-refractivity contribution in [3.05, 3.63) is 70.9 Å². The first-order valence-electron chi connectivity index (χ1n) is 9.93. The molecule has 2 N–H and O–H groups in total. The van der Waals surface area contributed by atoms with Crippen LogP contribution in [0.2, 0.25) is 0 Å². The Morgan fingerprint density at radius 2 is 1.78 bits per heavy atom. The number of hydrogen-bond donors (Lipinski definition) is 2. The Balaban J connectivity index is 2.15. The van der Waals surface area contributed by atoms with Gasteiger partial charge in [0.1, 0.15) is 5.56 Å². The van der Waals surface area contributed by atoms with Gasteiger partial charge in [0.25, 0.3) is 5.91 Å². The van der Waals surface area contributed by atoms with Gasteiger partial charge in [-0.1, -0.05) is 6.07 Å². The fraction of sp³-hybridized carbons (Fsp3) is 0.227. The molecular weight excluding hydrogens is 514 g/mol. The Hall–Kier alpha value is -3.68. The molecule has 192 valence electrons. The molecule has 0 aliphatic carbocycles. The molecule has 0 aliphatic rings. The van der Waals surface area contributed by atoms with Gasteiger partial charge in [-0.2, -0.15) is 26.3 Å². The number of hydrogen-bond acceptors (Lipinski definition) is 6. The second-order valence-corrected chi connectivity index (χ2v) is 9.85. The number of aryl methyl sites for hydroxylation is 1. The number of aromatic nitrogens is 2. The van der Waals surface area contributed by atoms with Crippen molar-refractivity contribution < 1.29 is 40.1 Å². The van der Waals surface area contributed by atoms with Gasteiger partial charge in [-0.3, -0.25) is 4.79 Å². The van der Waals surface area contributed by atoms with Crippen LogP contribution in [0.3, 0.4) is 0 Å². The lowest BCUT2D eigenvalue weighted by Gasteiger charge is -2.23. The summed E-state index contributed by atoms with van der Waals surface area (Å²) in [6.07, 6.45) is -4.60. The van der Waals surface area contributed by atoms with Gasteiger partial charge in [-0.05, 0) is 49.7 Å². The summed E-state index contributed by atoms with van der Waals surface area (Å²) in [6.45, 7) is 2.21. The van der Waals surface area contributed by atoms with Crippen LogP contribution in [0.1, 0.15) is 27.2 Å². The van der Waals surface area contributed by atoms with Crippen LogP contribution in [0, 0.1) is 24.6 Å². The standard InChI is InChI=1S/C22H18F6N4O3S/c1-11-15(21(24,25)22(26,27)28)10-30-20(35-16-7-8-17(23)31-12(16)2)18(11)19(33)32-13-5-4-6-14(9-13)36(3,29)34/h4-10,29H,1-3H3,(H,32,33)/t36-/m1/s1. The molecule has 0 unspecified atom stereocenters. The summed E-state index contributed by atoms with van der Waals surface area (Å²) in [5.74, 6) is -8.14. The number of ether oxygens (including phenoxy) is 1. The van der Waals surface area contributed by atoms with Crippen molar-refractivity contribution in [3.8, 4) is 11.6 Å². The number of halogens is 6. The van der Waals surface area contributed by atoms with Gasteiger partial charge in [0.2, 0.25) is 11.8 Å². The lowest BCUT2D eigenvalue weighted by atomic mass is 9.99. The third kappa shape index (κ3) is 5.42. The number of nitrogens with zero attached hydrogens (tertiary/aromatic N) is 2. The van der Waals surface area contributed by atoms with Gasteiger partial charge >= 0.3 is 12.1 Å². The molecule has 0 saturated heterocycles. The smallest absolute Gasteiger partial charge is 0.436 e. The van der Waals surface area contributed by atoms with Gasteiger partial charge in [-0.25, -0.2) is 19.0 Å². The van der Waals surface area contributed by atoms with Crippen LogP contribution in [0.25, 0.3) is 0 Å². The summed E-state index contributed by atoms with van der Waals surface area (Å²) in [5, 5.41) is 2.31. The van der Waals surface area contributed by atoms with Crippen LogP contribution >= 0.6 is 0 Å². The van der Waals surface area contributed by atoms with E-state index in [1.54, 1.807) is 0 Å². The number of carbonyl (C=O) groups excluding carboxylic acids is 1. The number of pyridine rings is 2. The minimum absolute atomic E-state index is 0.00800. The molecule has 0 aliphatic heterocycles. The molecular formula is C22H18F6N4O3S. The van der Waals surface area contributed by atoms with Gasteiger partial charge in [0.05, 0.1) is 21.0 Å². The molecule has 36 heavy (non-hydrogen) atoms. The Morgan fingerprint density at radius 3 is 2.36 bits per heavy atom. The van der Waals surface area contributed by atoms with E-state index in [1.165, 1.54) is 31.2 Å². The van der Waals surface area contributed by atoms with E-state index in [2.05, 4.69) is 15.3 Å². The van der Waals surface area contributed by atoms with Gasteiger partial charge in [0.15, 0.2) is 5.75 Å². The number of benzene rings is 1. The SMILES string of the molecule is Cc1nc(F)ccc1Oc1ncc(C(F)(F)C(F)(F)F)c(C)c1C(=O)Nc1cccc([S@](C)(=N)=O)c1. The van der Waals surface area contributed by atoms with Crippen molar-refractivity contribution in [1.29, 1.82) is 4.78 Å². The van der Waals surface area contributed by atoms with Gasteiger partial charge in [0, 0.05) is 23.0 Å². The maximum Gasteiger partial charge on any atom is 0.458 e. The molecule has 0 spiro atoms. The maximum atomic E-state index is 14.2. The van der Waals surface area contributed by atoms with Crippen LogP contribution in [-0.4, -0.2) is 32.5 Å². The van der Waals surface area contributed by atoms with Crippen LogP contribution in [-0.2, 0) is 15.7 Å². The number of nitrogens with one attached hydrogen (secondary N) is 2. The molecule has 0 bridgehead atoms. The van der Waals surface area contributed by atoms with E-state index in [-0.39, 0.29) is 28.2 Å². The molecule has 2 heterocycles. The lowest BCUT2D eigenvalue weighted by molar-refractivity contribution is -0.289. The molecule has 1 aromatic carbocycles. The van der Waals surface area contributed by atoms with E-state index < -0.39 is 56.3 Å². The quantitative estimate of drug-likeness (QED) is 0.301. The van der Waals surface area contributed by atoms with E-state index >= 15 is 0 Å². The minimum atomic E-state index is -5.98. The molecule has 7 nitrogen and oxygen atoms in total. The topological polar surface area (TPSA) is 105 Å². The first-order valence-corrected chi connectivity index (χ1v) is 11.9. The van der Waals surface area contributed by atoms with Crippen molar-refractivity contribution in [1.82, 2.24) is 9.97 Å². The molecule has 1 atom stereocenters. The Kier molecular flexibility index (Phi) is 7.03. The van der Waals surface area contributed by atoms with Gasteiger partial charge in [-0.15, -0.1) is 0 Å². The predicted octanol–water partition coefficient (Wildman–Crippen LogP) is 5.97. The molecule has 0 fully saturated rings. The molecule has 14 heteroatoms. The molecule has 0 radical (unpaired) electrons. The minimum Gasteiger partial charge on any atom is -0.436 e. The Labute approximate surface area is 201 Å². The molecule has 3 aromatic rings. The molecule has 2 aromatic heterocycles. The molecule has 0 saturated carbocycles. The van der Waals surface area contributed by atoms with E-state index in [0.717, 1.165) is 25.3 Å². The monoisotopic (exact) mass is 532 g/mol. The van der Waals surface area contributed by atoms with Crippen molar-refractivity contribution in [2.75, 3.05) is 11.6 Å². The van der Waals surface area contributed by atoms with Crippen molar-refractivity contribution >= 4 is 21.3 Å². The molecule has 3 rings (SSSR count). The van der Waals surface area contributed by atoms with E-state index in [4.69, 9.17) is 9.52 Å². The van der Waals surface area contributed by atoms with E-state index in [9.17, 15) is 35.3 Å². The van der Waals surface area contributed by atoms with Crippen LogP contribution in [0.15, 0.2) is 47.5 Å². The zero-order valence-electron chi connectivity index (χ0n) is 18.8. The largest absolute Gasteiger partial charge is 0.458 e. The third-order valence-corrected chi connectivity index (χ3v) is 6.13. The fourth-order valence-electron chi connectivity index (χ4n) is 3.13. The zero-order chi connectivity index (χ0) is 27.1. The van der Waals surface area contributed by atoms with E-state index in [1.807, 2.05) is 0 Å². The summed E-state index contributed by atoms with van der Waals surface area (Å²) in [4.78, 5) is 20.2. The number of anilines is 1.